The molecule has 2 amide bonds. The lowest BCUT2D eigenvalue weighted by molar-refractivity contribution is 0.0128. The van der Waals surface area contributed by atoms with E-state index in [0.717, 1.165) is 41.0 Å². The lowest BCUT2D eigenvalue weighted by Crippen LogP contribution is -2.47. The molecule has 2 aliphatic heterocycles. The Bertz CT molecular complexity index is 2000. The fourth-order valence-corrected chi connectivity index (χ4v) is 7.47. The molecule has 256 valence electrons. The number of nitrogen functional groups attached to an aromatic ring is 1. The summed E-state index contributed by atoms with van der Waals surface area (Å²) in [5.74, 6) is 0.0320. The molecule has 1 aromatic carbocycles. The molecule has 3 N–H and O–H groups in total. The molecule has 0 unspecified atom stereocenters. The molecule has 49 heavy (non-hydrogen) atoms. The first-order chi connectivity index (χ1) is 23.5. The summed E-state index contributed by atoms with van der Waals surface area (Å²) in [6.45, 7) is 7.71. The number of carbonyl (C=O) groups is 2. The van der Waals surface area contributed by atoms with Crippen LogP contribution < -0.4 is 20.7 Å². The van der Waals surface area contributed by atoms with Crippen LogP contribution in [0.3, 0.4) is 0 Å². The number of aromatic nitrogens is 5. The summed E-state index contributed by atoms with van der Waals surface area (Å²) in [7, 11) is 0. The summed E-state index contributed by atoms with van der Waals surface area (Å²) in [5, 5.41) is 8.25. The van der Waals surface area contributed by atoms with Crippen molar-refractivity contribution in [2.75, 3.05) is 36.8 Å². The minimum atomic E-state index is -0.583. The molecule has 2 saturated heterocycles. The van der Waals surface area contributed by atoms with Gasteiger partial charge in [0.05, 0.1) is 11.4 Å². The number of hydrogen-bond donors (Lipinski definition) is 2. The molecular weight excluding hydrogens is 649 g/mol. The lowest BCUT2D eigenvalue weighted by atomic mass is 10.0. The number of carbonyl (C=O) groups excluding carboxylic acids is 2. The van der Waals surface area contributed by atoms with E-state index in [2.05, 4.69) is 30.3 Å². The van der Waals surface area contributed by atoms with Crippen molar-refractivity contribution in [2.24, 2.45) is 0 Å². The zero-order chi connectivity index (χ0) is 34.3. The largest absolute Gasteiger partial charge is 0.488 e. The number of amides is 2. The average molecular weight is 688 g/mol. The summed E-state index contributed by atoms with van der Waals surface area (Å²) in [4.78, 5) is 43.4. The number of nitrogens with one attached hydrogen (secondary N) is 1. The van der Waals surface area contributed by atoms with Gasteiger partial charge in [0.15, 0.2) is 11.6 Å². The average Bonchev–Trinajstić information content (AvgIpc) is 3.64. The minimum Gasteiger partial charge on any atom is -0.488 e. The van der Waals surface area contributed by atoms with Crippen LogP contribution in [0.2, 0.25) is 0 Å². The number of halogens is 1. The molecule has 15 heteroatoms. The van der Waals surface area contributed by atoms with Gasteiger partial charge >= 0.3 is 6.09 Å². The summed E-state index contributed by atoms with van der Waals surface area (Å²) in [5.41, 5.74) is 8.88. The third kappa shape index (κ3) is 6.80. The van der Waals surface area contributed by atoms with Crippen molar-refractivity contribution >= 4 is 50.4 Å². The van der Waals surface area contributed by atoms with E-state index in [0.29, 0.717) is 59.8 Å². The van der Waals surface area contributed by atoms with E-state index in [1.54, 1.807) is 27.9 Å². The first-order valence-electron chi connectivity index (χ1n) is 16.3. The van der Waals surface area contributed by atoms with Crippen molar-refractivity contribution in [3.05, 3.63) is 60.0 Å². The van der Waals surface area contributed by atoms with E-state index in [1.807, 2.05) is 26.8 Å². The van der Waals surface area contributed by atoms with Gasteiger partial charge in [-0.1, -0.05) is 0 Å². The lowest BCUT2D eigenvalue weighted by Gasteiger charge is -2.34. The number of benzene rings is 1. The molecule has 13 nitrogen and oxygen atoms in total. The fourth-order valence-electron chi connectivity index (χ4n) is 6.45. The topological polar surface area (TPSA) is 153 Å². The van der Waals surface area contributed by atoms with Crippen LogP contribution in [0.15, 0.2) is 49.3 Å². The van der Waals surface area contributed by atoms with Gasteiger partial charge in [0, 0.05) is 73.1 Å². The normalized spacial score (nSPS) is 17.4. The number of likely N-dealkylation sites (tertiary alicyclic amines) is 1. The Hall–Kier alpha value is -5.05. The molecule has 0 aliphatic carbocycles. The van der Waals surface area contributed by atoms with Gasteiger partial charge in [-0.2, -0.15) is 5.10 Å². The van der Waals surface area contributed by atoms with Crippen LogP contribution in [0.25, 0.3) is 26.9 Å². The number of rotatable bonds is 6. The van der Waals surface area contributed by atoms with Gasteiger partial charge in [-0.15, -0.1) is 11.3 Å². The highest BCUT2D eigenvalue weighted by Crippen LogP contribution is 2.40. The van der Waals surface area contributed by atoms with E-state index in [9.17, 15) is 14.0 Å². The van der Waals surface area contributed by atoms with Crippen molar-refractivity contribution in [1.82, 2.24) is 34.8 Å². The predicted octanol–water partition coefficient (Wildman–Crippen LogP) is 5.30. The Morgan fingerprint density at radius 1 is 1.06 bits per heavy atom. The van der Waals surface area contributed by atoms with Gasteiger partial charge in [-0.05, 0) is 57.9 Å². The Morgan fingerprint density at radius 3 is 2.59 bits per heavy atom. The molecular formula is C34H38FN9O4S. The fraction of sp³-hybridized carbons (Fsp3) is 0.412. The predicted molar refractivity (Wildman–Crippen MR) is 184 cm³/mol. The van der Waals surface area contributed by atoms with Gasteiger partial charge in [0.1, 0.15) is 40.6 Å². The van der Waals surface area contributed by atoms with Gasteiger partial charge in [-0.25, -0.2) is 28.7 Å². The van der Waals surface area contributed by atoms with Crippen LogP contribution in [0.1, 0.15) is 56.1 Å². The second kappa shape index (κ2) is 13.1. The summed E-state index contributed by atoms with van der Waals surface area (Å²) in [6.07, 6.45) is 8.43. The van der Waals surface area contributed by atoms with Gasteiger partial charge < -0.3 is 30.3 Å². The van der Waals surface area contributed by atoms with Crippen molar-refractivity contribution in [1.29, 1.82) is 0 Å². The van der Waals surface area contributed by atoms with E-state index >= 15 is 0 Å². The molecule has 0 saturated carbocycles. The molecule has 5 aromatic rings. The number of nitrogens with zero attached hydrogens (tertiary/aromatic N) is 7. The van der Waals surface area contributed by atoms with Crippen LogP contribution >= 0.6 is 11.3 Å². The number of anilines is 2. The quantitative estimate of drug-likeness (QED) is 0.241. The number of thiophene rings is 1. The maximum absolute atomic E-state index is 14.5. The molecule has 2 fully saturated rings. The van der Waals surface area contributed by atoms with Crippen molar-refractivity contribution in [3.8, 4) is 17.0 Å². The van der Waals surface area contributed by atoms with Gasteiger partial charge in [0.2, 0.25) is 0 Å². The van der Waals surface area contributed by atoms with Crippen LogP contribution in [0, 0.1) is 5.82 Å². The van der Waals surface area contributed by atoms with Crippen molar-refractivity contribution < 1.29 is 23.5 Å². The van der Waals surface area contributed by atoms with Crippen LogP contribution in [-0.2, 0) is 4.74 Å². The second-order valence-electron chi connectivity index (χ2n) is 13.4. The SMILES string of the molecule is CC(C)(C)OC(=O)N1CCC(Oc2c(C(=O)N[C@@H]3CCCN(c4cc(-c5cncnc5)n5ncnc(N)c45)C3)sc3ccc(F)cc23)CC1. The molecule has 0 radical (unpaired) electrons. The number of ether oxygens (including phenoxy) is 2. The molecule has 7 rings (SSSR count). The Kier molecular flexibility index (Phi) is 8.69. The molecule has 1 atom stereocenters. The molecule has 4 aromatic heterocycles. The molecule has 6 heterocycles. The summed E-state index contributed by atoms with van der Waals surface area (Å²) in [6, 6.07) is 6.29. The smallest absolute Gasteiger partial charge is 0.410 e. The first-order valence-corrected chi connectivity index (χ1v) is 17.2. The maximum atomic E-state index is 14.5. The van der Waals surface area contributed by atoms with Crippen LogP contribution in [0.4, 0.5) is 20.7 Å². The van der Waals surface area contributed by atoms with E-state index in [-0.39, 0.29) is 24.1 Å². The number of piperidine rings is 2. The number of nitrogens with two attached hydrogens (primary N) is 1. The highest BCUT2D eigenvalue weighted by Gasteiger charge is 2.32. The molecule has 0 spiro atoms. The number of hydrogen-bond acceptors (Lipinski definition) is 11. The van der Waals surface area contributed by atoms with Crippen molar-refractivity contribution in [2.45, 2.75) is 64.2 Å². The third-order valence-corrected chi connectivity index (χ3v) is 9.86. The van der Waals surface area contributed by atoms with E-state index in [1.165, 1.54) is 36.1 Å². The van der Waals surface area contributed by atoms with Gasteiger partial charge in [0.25, 0.3) is 5.91 Å². The van der Waals surface area contributed by atoms with E-state index in [4.69, 9.17) is 15.2 Å². The summed E-state index contributed by atoms with van der Waals surface area (Å²) < 4.78 is 29.0. The number of fused-ring (bicyclic) bond motifs is 2. The third-order valence-electron chi connectivity index (χ3n) is 8.71. The Balaban J connectivity index is 1.10. The zero-order valence-electron chi connectivity index (χ0n) is 27.6. The summed E-state index contributed by atoms with van der Waals surface area (Å²) >= 11 is 1.28. The van der Waals surface area contributed by atoms with Crippen LogP contribution in [-0.4, -0.2) is 85.4 Å². The van der Waals surface area contributed by atoms with Crippen LogP contribution in [0.5, 0.6) is 5.75 Å². The van der Waals surface area contributed by atoms with E-state index < -0.39 is 11.4 Å². The maximum Gasteiger partial charge on any atom is 0.410 e. The highest BCUT2D eigenvalue weighted by molar-refractivity contribution is 7.21. The minimum absolute atomic E-state index is 0.183. The Labute approximate surface area is 286 Å². The molecule has 2 aliphatic rings. The van der Waals surface area contributed by atoms with Crippen molar-refractivity contribution in [3.63, 3.8) is 0 Å². The standard InChI is InChI=1S/C34H38FN9O4S/c1-34(2,3)48-33(46)42-11-8-23(9-12-42)47-29-24-13-21(35)6-7-27(24)49-30(29)32(45)41-22-5-4-10-43(17-22)26-14-25(20-15-37-18-38-16-20)44-28(26)31(36)39-19-40-44/h6-7,13-16,18-19,22-23H,4-5,8-12,17H2,1-3H3,(H,41,45)(H2,36,39,40)/t22-/m1/s1. The monoisotopic (exact) mass is 687 g/mol. The zero-order valence-corrected chi connectivity index (χ0v) is 28.4. The molecule has 0 bridgehead atoms. The van der Waals surface area contributed by atoms with Gasteiger partial charge in [-0.3, -0.25) is 4.79 Å². The highest BCUT2D eigenvalue weighted by atomic mass is 32.1. The Morgan fingerprint density at radius 2 is 1.84 bits per heavy atom. The first kappa shape index (κ1) is 32.5. The second-order valence-corrected chi connectivity index (χ2v) is 14.4.